The second kappa shape index (κ2) is 7.66. The number of para-hydroxylation sites is 2. The molecule has 2 aromatic rings. The third-order valence-electron chi connectivity index (χ3n) is 3.02. The van der Waals surface area contributed by atoms with E-state index in [0.717, 1.165) is 6.08 Å². The van der Waals surface area contributed by atoms with Crippen LogP contribution in [0.5, 0.6) is 11.5 Å². The molecule has 0 aromatic heterocycles. The molecule has 4 heteroatoms. The Hall–Kier alpha value is -3.27. The second-order valence-electron chi connectivity index (χ2n) is 4.76. The summed E-state index contributed by atoms with van der Waals surface area (Å²) in [5.74, 6) is -0.501. The SMILES string of the molecule is O=C(/C=C(O)/C=C/c1ccccc1O)/C=C/c1ccccc1O. The molecule has 0 fully saturated rings. The number of benzene rings is 2. The first-order valence-electron chi connectivity index (χ1n) is 6.93. The van der Waals surface area contributed by atoms with Gasteiger partial charge in [0.05, 0.1) is 0 Å². The van der Waals surface area contributed by atoms with Crippen molar-refractivity contribution in [1.82, 2.24) is 0 Å². The van der Waals surface area contributed by atoms with Crippen LogP contribution in [0, 0.1) is 0 Å². The first-order chi connectivity index (χ1) is 11.1. The maximum atomic E-state index is 11.7. The number of phenolic OH excluding ortho intramolecular Hbond substituents is 2. The predicted molar refractivity (Wildman–Crippen MR) is 90.0 cm³/mol. The fourth-order valence-electron chi connectivity index (χ4n) is 1.85. The maximum absolute atomic E-state index is 11.7. The van der Waals surface area contributed by atoms with Crippen molar-refractivity contribution in [2.24, 2.45) is 0 Å². The highest BCUT2D eigenvalue weighted by Gasteiger charge is 1.98. The summed E-state index contributed by atoms with van der Waals surface area (Å²) in [5, 5.41) is 28.9. The van der Waals surface area contributed by atoms with Crippen LogP contribution in [0.3, 0.4) is 0 Å². The summed E-state index contributed by atoms with van der Waals surface area (Å²) in [6.45, 7) is 0. The lowest BCUT2D eigenvalue weighted by Gasteiger charge is -1.97. The van der Waals surface area contributed by atoms with Crippen molar-refractivity contribution in [3.63, 3.8) is 0 Å². The molecule has 116 valence electrons. The zero-order valence-electron chi connectivity index (χ0n) is 12.3. The number of phenols is 2. The Morgan fingerprint density at radius 3 is 1.78 bits per heavy atom. The minimum atomic E-state index is -0.423. The third kappa shape index (κ3) is 4.89. The largest absolute Gasteiger partial charge is 0.508 e. The first kappa shape index (κ1) is 16.1. The molecule has 0 aliphatic carbocycles. The van der Waals surface area contributed by atoms with Gasteiger partial charge in [0.25, 0.3) is 0 Å². The molecule has 0 bridgehead atoms. The molecule has 0 atom stereocenters. The van der Waals surface area contributed by atoms with Crippen molar-refractivity contribution in [3.05, 3.63) is 83.6 Å². The minimum absolute atomic E-state index is 0.0733. The van der Waals surface area contributed by atoms with E-state index in [0.29, 0.717) is 11.1 Å². The number of allylic oxidation sites excluding steroid dienone is 3. The lowest BCUT2D eigenvalue weighted by Crippen LogP contribution is -1.88. The highest BCUT2D eigenvalue weighted by atomic mass is 16.3. The van der Waals surface area contributed by atoms with Crippen LogP contribution in [0.4, 0.5) is 0 Å². The van der Waals surface area contributed by atoms with Gasteiger partial charge in [0.1, 0.15) is 17.3 Å². The molecule has 4 nitrogen and oxygen atoms in total. The highest BCUT2D eigenvalue weighted by molar-refractivity contribution is 6.02. The summed E-state index contributed by atoms with van der Waals surface area (Å²) in [7, 11) is 0. The molecule has 2 aromatic carbocycles. The maximum Gasteiger partial charge on any atom is 0.182 e. The predicted octanol–water partition coefficient (Wildman–Crippen LogP) is 3.84. The van der Waals surface area contributed by atoms with Gasteiger partial charge in [0.2, 0.25) is 0 Å². The molecule has 0 saturated heterocycles. The van der Waals surface area contributed by atoms with E-state index in [4.69, 9.17) is 0 Å². The normalized spacial score (nSPS) is 12.1. The number of aliphatic hydroxyl groups excluding tert-OH is 1. The molecule has 23 heavy (non-hydrogen) atoms. The second-order valence-corrected chi connectivity index (χ2v) is 4.76. The molecule has 0 aliphatic heterocycles. The number of aliphatic hydroxyl groups is 1. The molecule has 0 aliphatic rings. The van der Waals surface area contributed by atoms with E-state index in [1.807, 2.05) is 0 Å². The van der Waals surface area contributed by atoms with Crippen LogP contribution >= 0.6 is 0 Å². The highest BCUT2D eigenvalue weighted by Crippen LogP contribution is 2.18. The van der Waals surface area contributed by atoms with Gasteiger partial charge in [-0.2, -0.15) is 0 Å². The number of hydrogen-bond acceptors (Lipinski definition) is 4. The minimum Gasteiger partial charge on any atom is -0.508 e. The zero-order chi connectivity index (χ0) is 16.7. The Morgan fingerprint density at radius 2 is 1.26 bits per heavy atom. The standard InChI is InChI=1S/C19H16O4/c20-16(11-9-14-5-1-3-7-18(14)22)13-17(21)12-10-15-6-2-4-8-19(15)23/h1-13,20,22-23H/b11-9+,12-10+,16-13-. The molecule has 0 amide bonds. The third-order valence-corrected chi connectivity index (χ3v) is 3.02. The molecular formula is C19H16O4. The van der Waals surface area contributed by atoms with Crippen LogP contribution in [-0.2, 0) is 4.79 Å². The van der Waals surface area contributed by atoms with Crippen LogP contribution < -0.4 is 0 Å². The Balaban J connectivity index is 2.04. The Bertz CT molecular complexity index is 785. The van der Waals surface area contributed by atoms with E-state index in [1.165, 1.54) is 36.4 Å². The Kier molecular flexibility index (Phi) is 5.36. The summed E-state index contributed by atoms with van der Waals surface area (Å²) in [6, 6.07) is 13.3. The van der Waals surface area contributed by atoms with Crippen molar-refractivity contribution in [2.75, 3.05) is 0 Å². The molecule has 3 N–H and O–H groups in total. The van der Waals surface area contributed by atoms with E-state index >= 15 is 0 Å². The molecule has 2 rings (SSSR count). The van der Waals surface area contributed by atoms with E-state index in [1.54, 1.807) is 36.4 Å². The summed E-state index contributed by atoms with van der Waals surface area (Å²) in [6.07, 6.45) is 6.59. The van der Waals surface area contributed by atoms with E-state index in [2.05, 4.69) is 0 Å². The lowest BCUT2D eigenvalue weighted by molar-refractivity contribution is -0.110. The van der Waals surface area contributed by atoms with Crippen molar-refractivity contribution in [1.29, 1.82) is 0 Å². The van der Waals surface area contributed by atoms with Gasteiger partial charge >= 0.3 is 0 Å². The van der Waals surface area contributed by atoms with Gasteiger partial charge in [-0.15, -0.1) is 0 Å². The monoisotopic (exact) mass is 308 g/mol. The topological polar surface area (TPSA) is 77.8 Å². The lowest BCUT2D eigenvalue weighted by atomic mass is 10.1. The van der Waals surface area contributed by atoms with Crippen LogP contribution in [-0.4, -0.2) is 21.1 Å². The number of carbonyl (C=O) groups excluding carboxylic acids is 1. The van der Waals surface area contributed by atoms with Crippen LogP contribution in [0.25, 0.3) is 12.2 Å². The van der Waals surface area contributed by atoms with Crippen molar-refractivity contribution < 1.29 is 20.1 Å². The molecule has 0 spiro atoms. The summed E-state index contributed by atoms with van der Waals surface area (Å²) in [4.78, 5) is 11.7. The average molecular weight is 308 g/mol. The van der Waals surface area contributed by atoms with Gasteiger partial charge in [-0.25, -0.2) is 0 Å². The van der Waals surface area contributed by atoms with E-state index in [9.17, 15) is 20.1 Å². The Morgan fingerprint density at radius 1 is 0.783 bits per heavy atom. The molecule has 0 saturated carbocycles. The summed E-state index contributed by atoms with van der Waals surface area (Å²) >= 11 is 0. The van der Waals surface area contributed by atoms with E-state index in [-0.39, 0.29) is 17.3 Å². The number of rotatable bonds is 5. The van der Waals surface area contributed by atoms with Crippen LogP contribution in [0.1, 0.15) is 11.1 Å². The molecule has 0 unspecified atom stereocenters. The van der Waals surface area contributed by atoms with Gasteiger partial charge in [0, 0.05) is 17.2 Å². The number of carbonyl (C=O) groups is 1. The number of ketones is 1. The number of aromatic hydroxyl groups is 2. The van der Waals surface area contributed by atoms with Gasteiger partial charge in [0.15, 0.2) is 5.78 Å². The fraction of sp³-hybridized carbons (Fsp3) is 0. The van der Waals surface area contributed by atoms with Gasteiger partial charge < -0.3 is 15.3 Å². The smallest absolute Gasteiger partial charge is 0.182 e. The molecular weight excluding hydrogens is 292 g/mol. The Labute approximate surface area is 134 Å². The van der Waals surface area contributed by atoms with Crippen LogP contribution in [0.2, 0.25) is 0 Å². The van der Waals surface area contributed by atoms with Crippen molar-refractivity contribution >= 4 is 17.9 Å². The van der Waals surface area contributed by atoms with Gasteiger partial charge in [-0.1, -0.05) is 36.4 Å². The van der Waals surface area contributed by atoms with Gasteiger partial charge in [-0.3, -0.25) is 4.79 Å². The van der Waals surface area contributed by atoms with Crippen molar-refractivity contribution in [2.45, 2.75) is 0 Å². The average Bonchev–Trinajstić information content (AvgIpc) is 2.53. The summed E-state index contributed by atoms with van der Waals surface area (Å²) < 4.78 is 0. The quantitative estimate of drug-likeness (QED) is 0.445. The zero-order valence-corrected chi connectivity index (χ0v) is 12.3. The van der Waals surface area contributed by atoms with Crippen molar-refractivity contribution in [3.8, 4) is 11.5 Å². The van der Waals surface area contributed by atoms with E-state index < -0.39 is 5.78 Å². The molecule has 0 radical (unpaired) electrons. The summed E-state index contributed by atoms with van der Waals surface area (Å²) in [5.41, 5.74) is 1.04. The first-order valence-corrected chi connectivity index (χ1v) is 6.93. The molecule has 0 heterocycles. The van der Waals surface area contributed by atoms with Crippen LogP contribution in [0.15, 0.2) is 72.5 Å². The fourth-order valence-corrected chi connectivity index (χ4v) is 1.85. The van der Waals surface area contributed by atoms with Gasteiger partial charge in [-0.05, 0) is 36.4 Å². The number of hydrogen-bond donors (Lipinski definition) is 3.